The lowest BCUT2D eigenvalue weighted by molar-refractivity contribution is 0.0556. The number of piperidine rings is 1. The van der Waals surface area contributed by atoms with Crippen LogP contribution in [0.1, 0.15) is 43.4 Å². The Balaban J connectivity index is 1.70. The summed E-state index contributed by atoms with van der Waals surface area (Å²) in [7, 11) is 0. The first-order valence-electron chi connectivity index (χ1n) is 7.45. The van der Waals surface area contributed by atoms with Crippen LogP contribution in [0.5, 0.6) is 0 Å². The molecule has 0 spiro atoms. The number of aryl methyl sites for hydroxylation is 1. The molecule has 0 saturated carbocycles. The standard InChI is InChI=1S/C16H24N2O/c1-11(19)12-6-8-18(9-7-12)16-5-2-13-10-14(17)3-4-15(13)16/h3-4,10-12,16,19H,2,5-9,17H2,1H3. The molecule has 3 N–H and O–H groups in total. The number of aliphatic hydroxyl groups is 1. The number of anilines is 1. The highest BCUT2D eigenvalue weighted by Gasteiger charge is 2.31. The molecule has 2 unspecified atom stereocenters. The molecule has 2 aliphatic rings. The zero-order valence-electron chi connectivity index (χ0n) is 11.7. The largest absolute Gasteiger partial charge is 0.399 e. The first-order valence-corrected chi connectivity index (χ1v) is 7.45. The van der Waals surface area contributed by atoms with Crippen LogP contribution in [0.25, 0.3) is 0 Å². The van der Waals surface area contributed by atoms with E-state index >= 15 is 0 Å². The van der Waals surface area contributed by atoms with Gasteiger partial charge in [0.1, 0.15) is 0 Å². The Kier molecular flexibility index (Phi) is 3.50. The number of fused-ring (bicyclic) bond motifs is 1. The van der Waals surface area contributed by atoms with Crippen LogP contribution >= 0.6 is 0 Å². The van der Waals surface area contributed by atoms with Gasteiger partial charge in [0.2, 0.25) is 0 Å². The topological polar surface area (TPSA) is 49.5 Å². The van der Waals surface area contributed by atoms with Crippen molar-refractivity contribution in [3.63, 3.8) is 0 Å². The maximum Gasteiger partial charge on any atom is 0.0541 e. The molecule has 3 rings (SSSR count). The zero-order valence-corrected chi connectivity index (χ0v) is 11.7. The van der Waals surface area contributed by atoms with Crippen LogP contribution in [0.4, 0.5) is 5.69 Å². The normalized spacial score (nSPS) is 26.3. The zero-order chi connectivity index (χ0) is 13.4. The van der Waals surface area contributed by atoms with Gasteiger partial charge in [-0.15, -0.1) is 0 Å². The molecule has 1 aliphatic heterocycles. The molecule has 0 aromatic heterocycles. The van der Waals surface area contributed by atoms with Crippen molar-refractivity contribution in [3.8, 4) is 0 Å². The highest BCUT2D eigenvalue weighted by atomic mass is 16.3. The second-order valence-electron chi connectivity index (χ2n) is 6.13. The molecular formula is C16H24N2O. The van der Waals surface area contributed by atoms with Crippen molar-refractivity contribution in [2.24, 2.45) is 5.92 Å². The number of nitrogen functional groups attached to an aromatic ring is 1. The summed E-state index contributed by atoms with van der Waals surface area (Å²) in [5.74, 6) is 0.489. The number of nitrogens with zero attached hydrogens (tertiary/aromatic N) is 1. The second kappa shape index (κ2) is 5.14. The molecule has 1 aliphatic carbocycles. The smallest absolute Gasteiger partial charge is 0.0541 e. The fourth-order valence-corrected chi connectivity index (χ4v) is 3.71. The highest BCUT2D eigenvalue weighted by molar-refractivity contribution is 5.47. The average molecular weight is 260 g/mol. The molecule has 1 aromatic carbocycles. The molecular weight excluding hydrogens is 236 g/mol. The number of hydrogen-bond donors (Lipinski definition) is 2. The van der Waals surface area contributed by atoms with Gasteiger partial charge in [-0.1, -0.05) is 6.07 Å². The fraction of sp³-hybridized carbons (Fsp3) is 0.625. The first-order chi connectivity index (χ1) is 9.15. The summed E-state index contributed by atoms with van der Waals surface area (Å²) in [5, 5.41) is 9.68. The molecule has 19 heavy (non-hydrogen) atoms. The highest BCUT2D eigenvalue weighted by Crippen LogP contribution is 2.38. The third-order valence-corrected chi connectivity index (χ3v) is 4.91. The summed E-state index contributed by atoms with van der Waals surface area (Å²) >= 11 is 0. The Morgan fingerprint density at radius 3 is 2.68 bits per heavy atom. The van der Waals surface area contributed by atoms with Crippen molar-refractivity contribution in [3.05, 3.63) is 29.3 Å². The summed E-state index contributed by atoms with van der Waals surface area (Å²) in [6.07, 6.45) is 4.47. The quantitative estimate of drug-likeness (QED) is 0.803. The molecule has 2 atom stereocenters. The van der Waals surface area contributed by atoms with Crippen LogP contribution in [0.2, 0.25) is 0 Å². The first kappa shape index (κ1) is 12.9. The van der Waals surface area contributed by atoms with Crippen molar-refractivity contribution < 1.29 is 5.11 Å². The van der Waals surface area contributed by atoms with E-state index in [-0.39, 0.29) is 6.10 Å². The van der Waals surface area contributed by atoms with E-state index in [0.29, 0.717) is 12.0 Å². The van der Waals surface area contributed by atoms with Crippen molar-refractivity contribution >= 4 is 5.69 Å². The van der Waals surface area contributed by atoms with E-state index in [9.17, 15) is 5.11 Å². The second-order valence-corrected chi connectivity index (χ2v) is 6.13. The number of benzene rings is 1. The minimum Gasteiger partial charge on any atom is -0.399 e. The molecule has 1 fully saturated rings. The van der Waals surface area contributed by atoms with E-state index in [1.165, 1.54) is 17.5 Å². The predicted molar refractivity (Wildman–Crippen MR) is 77.9 cm³/mol. The van der Waals surface area contributed by atoms with Crippen LogP contribution in [-0.2, 0) is 6.42 Å². The average Bonchev–Trinajstić information content (AvgIpc) is 2.81. The number of aliphatic hydroxyl groups excluding tert-OH is 1. The van der Waals surface area contributed by atoms with Gasteiger partial charge < -0.3 is 10.8 Å². The van der Waals surface area contributed by atoms with Crippen LogP contribution in [0.15, 0.2) is 18.2 Å². The predicted octanol–water partition coefficient (Wildman–Crippen LogP) is 2.35. The van der Waals surface area contributed by atoms with E-state index in [4.69, 9.17) is 5.73 Å². The van der Waals surface area contributed by atoms with Gasteiger partial charge in [0.05, 0.1) is 6.10 Å². The van der Waals surface area contributed by atoms with E-state index in [1.807, 2.05) is 13.0 Å². The molecule has 0 radical (unpaired) electrons. The lowest BCUT2D eigenvalue weighted by atomic mass is 9.91. The fourth-order valence-electron chi connectivity index (χ4n) is 3.71. The third-order valence-electron chi connectivity index (χ3n) is 4.91. The Morgan fingerprint density at radius 2 is 2.00 bits per heavy atom. The lowest BCUT2D eigenvalue weighted by Crippen LogP contribution is -2.38. The Morgan fingerprint density at radius 1 is 1.26 bits per heavy atom. The number of rotatable bonds is 2. The van der Waals surface area contributed by atoms with Crippen molar-refractivity contribution in [1.29, 1.82) is 0 Å². The Bertz CT molecular complexity index is 450. The summed E-state index contributed by atoms with van der Waals surface area (Å²) < 4.78 is 0. The molecule has 104 valence electrons. The van der Waals surface area contributed by atoms with Crippen LogP contribution in [0, 0.1) is 5.92 Å². The molecule has 1 heterocycles. The third kappa shape index (κ3) is 2.49. The molecule has 0 bridgehead atoms. The van der Waals surface area contributed by atoms with Crippen LogP contribution < -0.4 is 5.73 Å². The van der Waals surface area contributed by atoms with E-state index < -0.39 is 0 Å². The van der Waals surface area contributed by atoms with Gasteiger partial charge >= 0.3 is 0 Å². The summed E-state index contributed by atoms with van der Waals surface area (Å²) in [6, 6.07) is 6.95. The lowest BCUT2D eigenvalue weighted by Gasteiger charge is -2.37. The summed E-state index contributed by atoms with van der Waals surface area (Å²) in [5.41, 5.74) is 9.66. The summed E-state index contributed by atoms with van der Waals surface area (Å²) in [4.78, 5) is 2.60. The molecule has 3 heteroatoms. The molecule has 3 nitrogen and oxygen atoms in total. The summed E-state index contributed by atoms with van der Waals surface area (Å²) in [6.45, 7) is 4.15. The monoisotopic (exact) mass is 260 g/mol. The van der Waals surface area contributed by atoms with E-state index in [0.717, 1.165) is 38.0 Å². The SMILES string of the molecule is CC(O)C1CCN(C2CCc3cc(N)ccc32)CC1. The van der Waals surface area contributed by atoms with E-state index in [2.05, 4.69) is 17.0 Å². The van der Waals surface area contributed by atoms with Gasteiger partial charge in [-0.05, 0) is 74.9 Å². The van der Waals surface area contributed by atoms with Crippen LogP contribution in [-0.4, -0.2) is 29.2 Å². The Labute approximate surface area is 115 Å². The van der Waals surface area contributed by atoms with Crippen molar-refractivity contribution in [2.45, 2.75) is 44.8 Å². The number of likely N-dealkylation sites (tertiary alicyclic amines) is 1. The van der Waals surface area contributed by atoms with Crippen LogP contribution in [0.3, 0.4) is 0 Å². The van der Waals surface area contributed by atoms with Gasteiger partial charge in [-0.3, -0.25) is 4.90 Å². The van der Waals surface area contributed by atoms with Gasteiger partial charge in [-0.25, -0.2) is 0 Å². The van der Waals surface area contributed by atoms with Gasteiger partial charge in [-0.2, -0.15) is 0 Å². The van der Waals surface area contributed by atoms with Gasteiger partial charge in [0.15, 0.2) is 0 Å². The van der Waals surface area contributed by atoms with Crippen molar-refractivity contribution in [2.75, 3.05) is 18.8 Å². The molecule has 0 amide bonds. The van der Waals surface area contributed by atoms with Gasteiger partial charge in [0.25, 0.3) is 0 Å². The van der Waals surface area contributed by atoms with E-state index in [1.54, 1.807) is 0 Å². The Hall–Kier alpha value is -1.06. The maximum absolute atomic E-state index is 9.68. The number of nitrogens with two attached hydrogens (primary N) is 1. The minimum atomic E-state index is -0.155. The van der Waals surface area contributed by atoms with Crippen molar-refractivity contribution in [1.82, 2.24) is 4.90 Å². The molecule has 1 aromatic rings. The van der Waals surface area contributed by atoms with Gasteiger partial charge in [0, 0.05) is 11.7 Å². The minimum absolute atomic E-state index is 0.155. The maximum atomic E-state index is 9.68. The number of hydrogen-bond acceptors (Lipinski definition) is 3. The molecule has 1 saturated heterocycles.